The van der Waals surface area contributed by atoms with E-state index >= 15 is 0 Å². The number of thioether (sulfide) groups is 1. The van der Waals surface area contributed by atoms with Gasteiger partial charge < -0.3 is 19.7 Å². The highest BCUT2D eigenvalue weighted by Crippen LogP contribution is 2.41. The van der Waals surface area contributed by atoms with Crippen LogP contribution in [0.1, 0.15) is 44.2 Å². The van der Waals surface area contributed by atoms with Gasteiger partial charge in [-0.05, 0) is 49.3 Å². The molecule has 2 aromatic rings. The number of ether oxygens (including phenoxy) is 2. The lowest BCUT2D eigenvalue weighted by molar-refractivity contribution is -0.118. The van der Waals surface area contributed by atoms with E-state index in [0.717, 1.165) is 48.5 Å². The molecule has 2 heterocycles. The summed E-state index contributed by atoms with van der Waals surface area (Å²) in [6.07, 6.45) is 4.71. The van der Waals surface area contributed by atoms with E-state index < -0.39 is 0 Å². The smallest absolute Gasteiger partial charge is 0.230 e. The van der Waals surface area contributed by atoms with Gasteiger partial charge in [-0.1, -0.05) is 24.8 Å². The monoisotopic (exact) mass is 445 g/mol. The molecule has 0 bridgehead atoms. The molecule has 1 amide bonds. The van der Waals surface area contributed by atoms with Crippen molar-refractivity contribution in [2.24, 2.45) is 5.92 Å². The van der Waals surface area contributed by atoms with Crippen LogP contribution in [0.3, 0.4) is 0 Å². The lowest BCUT2D eigenvalue weighted by Gasteiger charge is -2.31. The van der Waals surface area contributed by atoms with E-state index in [-0.39, 0.29) is 5.91 Å². The number of benzene rings is 1. The molecule has 1 saturated heterocycles. The van der Waals surface area contributed by atoms with Crippen molar-refractivity contribution in [1.82, 2.24) is 20.1 Å². The molecule has 168 valence electrons. The molecular formula is C22H31N5O3S. The molecule has 4 rings (SSSR count). The van der Waals surface area contributed by atoms with Crippen LogP contribution in [0, 0.1) is 5.92 Å². The van der Waals surface area contributed by atoms with Crippen molar-refractivity contribution in [2.75, 3.05) is 38.0 Å². The Hall–Kier alpha value is -2.42. The number of aromatic nitrogens is 3. The molecule has 0 atom stereocenters. The maximum absolute atomic E-state index is 12.5. The summed E-state index contributed by atoms with van der Waals surface area (Å²) in [5.74, 6) is 3.36. The predicted molar refractivity (Wildman–Crippen MR) is 121 cm³/mol. The summed E-state index contributed by atoms with van der Waals surface area (Å²) in [6, 6.07) is 6.11. The molecular weight excluding hydrogens is 414 g/mol. The normalized spacial score (nSPS) is 16.9. The molecule has 9 heteroatoms. The number of rotatable bonds is 9. The van der Waals surface area contributed by atoms with Gasteiger partial charge in [0, 0.05) is 25.7 Å². The molecule has 1 aliphatic heterocycles. The lowest BCUT2D eigenvalue weighted by Crippen LogP contribution is -2.34. The molecule has 1 N–H and O–H groups in total. The Morgan fingerprint density at radius 2 is 1.87 bits per heavy atom. The van der Waals surface area contributed by atoms with E-state index in [1.54, 1.807) is 14.2 Å². The van der Waals surface area contributed by atoms with Crippen LogP contribution in [-0.2, 0) is 11.3 Å². The average Bonchev–Trinajstić information content (AvgIpc) is 3.55. The number of carbonyl (C=O) groups is 1. The first-order valence-corrected chi connectivity index (χ1v) is 11.9. The van der Waals surface area contributed by atoms with E-state index in [4.69, 9.17) is 9.47 Å². The summed E-state index contributed by atoms with van der Waals surface area (Å²) in [5.41, 5.74) is 0.957. The molecule has 2 aliphatic rings. The van der Waals surface area contributed by atoms with Crippen molar-refractivity contribution in [3.8, 4) is 11.5 Å². The fourth-order valence-corrected chi connectivity index (χ4v) is 4.65. The Kier molecular flexibility index (Phi) is 6.89. The van der Waals surface area contributed by atoms with E-state index in [2.05, 4.69) is 31.9 Å². The van der Waals surface area contributed by atoms with Crippen molar-refractivity contribution in [2.45, 2.75) is 50.4 Å². The maximum Gasteiger partial charge on any atom is 0.230 e. The topological polar surface area (TPSA) is 81.5 Å². The second-order valence-corrected chi connectivity index (χ2v) is 9.25. The number of hydrogen-bond donors (Lipinski definition) is 1. The zero-order chi connectivity index (χ0) is 21.8. The van der Waals surface area contributed by atoms with E-state index in [1.165, 1.54) is 24.6 Å². The van der Waals surface area contributed by atoms with Crippen molar-refractivity contribution >= 4 is 23.6 Å². The van der Waals surface area contributed by atoms with Crippen molar-refractivity contribution in [3.63, 3.8) is 0 Å². The Morgan fingerprint density at radius 1 is 1.13 bits per heavy atom. The maximum atomic E-state index is 12.5. The van der Waals surface area contributed by atoms with Crippen LogP contribution in [-0.4, -0.2) is 53.7 Å². The standard InChI is InChI=1S/C22H31N5O3S/c1-15-8-10-26(11-9-15)21-24-25-22(27(21)17-5-6-17)31-14-20(28)23-13-16-4-7-18(29-2)19(12-16)30-3/h4,7,12,15,17H,5-6,8-11,13-14H2,1-3H3,(H,23,28). The van der Waals surface area contributed by atoms with Gasteiger partial charge in [-0.25, -0.2) is 0 Å². The first kappa shape index (κ1) is 21.8. The number of piperidine rings is 1. The fraction of sp³-hybridized carbons (Fsp3) is 0.591. The first-order chi connectivity index (χ1) is 15.1. The number of methoxy groups -OCH3 is 2. The largest absolute Gasteiger partial charge is 0.493 e. The van der Waals surface area contributed by atoms with Crippen LogP contribution in [0.25, 0.3) is 0 Å². The Balaban J connectivity index is 1.33. The quantitative estimate of drug-likeness (QED) is 0.593. The Bertz CT molecular complexity index is 907. The van der Waals surface area contributed by atoms with E-state index in [1.807, 2.05) is 18.2 Å². The average molecular weight is 446 g/mol. The van der Waals surface area contributed by atoms with Gasteiger partial charge in [0.25, 0.3) is 0 Å². The summed E-state index contributed by atoms with van der Waals surface area (Å²) in [6.45, 7) is 4.81. The molecule has 1 saturated carbocycles. The van der Waals surface area contributed by atoms with E-state index in [9.17, 15) is 4.79 Å². The highest BCUT2D eigenvalue weighted by Gasteiger charge is 2.32. The Morgan fingerprint density at radius 3 is 2.55 bits per heavy atom. The lowest BCUT2D eigenvalue weighted by atomic mass is 10.00. The first-order valence-electron chi connectivity index (χ1n) is 10.9. The number of nitrogens with zero attached hydrogens (tertiary/aromatic N) is 4. The van der Waals surface area contributed by atoms with Gasteiger partial charge in [-0.15, -0.1) is 10.2 Å². The van der Waals surface area contributed by atoms with Crippen LogP contribution in [0.4, 0.5) is 5.95 Å². The zero-order valence-corrected chi connectivity index (χ0v) is 19.3. The van der Waals surface area contributed by atoms with Crippen LogP contribution in [0.5, 0.6) is 11.5 Å². The van der Waals surface area contributed by atoms with Crippen LogP contribution in [0.2, 0.25) is 0 Å². The fourth-order valence-electron chi connectivity index (χ4n) is 3.82. The summed E-state index contributed by atoms with van der Waals surface area (Å²) in [7, 11) is 3.21. The van der Waals surface area contributed by atoms with Gasteiger partial charge >= 0.3 is 0 Å². The third-order valence-electron chi connectivity index (χ3n) is 5.90. The van der Waals surface area contributed by atoms with Crippen LogP contribution in [0.15, 0.2) is 23.4 Å². The minimum absolute atomic E-state index is 0.0292. The minimum atomic E-state index is -0.0292. The van der Waals surface area contributed by atoms with Crippen molar-refractivity contribution in [1.29, 1.82) is 0 Å². The molecule has 8 nitrogen and oxygen atoms in total. The number of anilines is 1. The van der Waals surface area contributed by atoms with Gasteiger partial charge in [0.05, 0.1) is 20.0 Å². The van der Waals surface area contributed by atoms with Gasteiger partial charge in [-0.2, -0.15) is 0 Å². The van der Waals surface area contributed by atoms with Gasteiger partial charge in [0.1, 0.15) is 0 Å². The van der Waals surface area contributed by atoms with Crippen LogP contribution < -0.4 is 19.7 Å². The minimum Gasteiger partial charge on any atom is -0.493 e. The molecule has 1 aliphatic carbocycles. The summed E-state index contributed by atoms with van der Waals surface area (Å²) in [4.78, 5) is 14.8. The highest BCUT2D eigenvalue weighted by molar-refractivity contribution is 7.99. The molecule has 0 spiro atoms. The third-order valence-corrected chi connectivity index (χ3v) is 6.84. The van der Waals surface area contributed by atoms with Crippen LogP contribution >= 0.6 is 11.8 Å². The summed E-state index contributed by atoms with van der Waals surface area (Å²) in [5, 5.41) is 12.7. The van der Waals surface area contributed by atoms with Gasteiger partial charge in [0.2, 0.25) is 11.9 Å². The molecule has 0 radical (unpaired) electrons. The highest BCUT2D eigenvalue weighted by atomic mass is 32.2. The Labute approximate surface area is 187 Å². The van der Waals surface area contributed by atoms with E-state index in [0.29, 0.717) is 29.8 Å². The number of hydrogen-bond acceptors (Lipinski definition) is 7. The third kappa shape index (κ3) is 5.26. The molecule has 2 fully saturated rings. The molecule has 31 heavy (non-hydrogen) atoms. The van der Waals surface area contributed by atoms with Gasteiger partial charge in [0.15, 0.2) is 16.7 Å². The second kappa shape index (κ2) is 9.80. The van der Waals surface area contributed by atoms with Crippen molar-refractivity contribution in [3.05, 3.63) is 23.8 Å². The van der Waals surface area contributed by atoms with Crippen molar-refractivity contribution < 1.29 is 14.3 Å². The number of nitrogens with one attached hydrogen (secondary N) is 1. The second-order valence-electron chi connectivity index (χ2n) is 8.31. The molecule has 0 unspecified atom stereocenters. The summed E-state index contributed by atoms with van der Waals surface area (Å²) >= 11 is 1.46. The summed E-state index contributed by atoms with van der Waals surface area (Å²) < 4.78 is 12.8. The number of amides is 1. The predicted octanol–water partition coefficient (Wildman–Crippen LogP) is 3.28. The van der Waals surface area contributed by atoms with Gasteiger partial charge in [-0.3, -0.25) is 9.36 Å². The molecule has 1 aromatic carbocycles. The zero-order valence-electron chi connectivity index (χ0n) is 18.5. The SMILES string of the molecule is COc1ccc(CNC(=O)CSc2nnc(N3CCC(C)CC3)n2C2CC2)cc1OC. The number of carbonyl (C=O) groups excluding carboxylic acids is 1. The molecule has 1 aromatic heterocycles.